The standard InChI is InChI=1S/C14H16BrClN6O/c1-3-23-13-19-11(17)10-12(20-13)22(14(2,15)21-10)7-8-4-5-9(16)18-6-8/h4-6,21H,3,7H2,1-2H3,(H2,17,19,20). The minimum absolute atomic E-state index is 0.259. The molecule has 1 unspecified atom stereocenters. The summed E-state index contributed by atoms with van der Waals surface area (Å²) in [7, 11) is 0. The molecular formula is C14H16BrClN6O. The van der Waals surface area contributed by atoms with Gasteiger partial charge in [-0.1, -0.05) is 17.7 Å². The van der Waals surface area contributed by atoms with Crippen LogP contribution >= 0.6 is 27.5 Å². The number of hydrogen-bond donors (Lipinski definition) is 2. The lowest BCUT2D eigenvalue weighted by Gasteiger charge is -2.30. The zero-order chi connectivity index (χ0) is 16.6. The van der Waals surface area contributed by atoms with Crippen molar-refractivity contribution in [2.24, 2.45) is 0 Å². The van der Waals surface area contributed by atoms with E-state index < -0.39 is 4.57 Å². The Morgan fingerprint density at radius 2 is 2.22 bits per heavy atom. The fourth-order valence-corrected chi connectivity index (χ4v) is 2.96. The summed E-state index contributed by atoms with van der Waals surface area (Å²) in [5.74, 6) is 1.02. The Bertz CT molecular complexity index is 724. The van der Waals surface area contributed by atoms with E-state index in [9.17, 15) is 0 Å². The second kappa shape index (κ2) is 6.01. The van der Waals surface area contributed by atoms with Gasteiger partial charge in [0.15, 0.2) is 16.2 Å². The van der Waals surface area contributed by atoms with Gasteiger partial charge in [0, 0.05) is 12.7 Å². The molecule has 0 aliphatic carbocycles. The molecule has 0 fully saturated rings. The van der Waals surface area contributed by atoms with Crippen LogP contribution in [0.5, 0.6) is 6.01 Å². The molecule has 0 spiro atoms. The number of hydrogen-bond acceptors (Lipinski definition) is 7. The van der Waals surface area contributed by atoms with Gasteiger partial charge in [-0.15, -0.1) is 0 Å². The van der Waals surface area contributed by atoms with E-state index in [0.29, 0.717) is 35.6 Å². The Labute approximate surface area is 147 Å². The van der Waals surface area contributed by atoms with Crippen molar-refractivity contribution >= 4 is 44.9 Å². The second-order valence-corrected chi connectivity index (χ2v) is 7.11. The van der Waals surface area contributed by atoms with E-state index >= 15 is 0 Å². The zero-order valence-electron chi connectivity index (χ0n) is 12.7. The highest BCUT2D eigenvalue weighted by Crippen LogP contribution is 2.45. The number of ether oxygens (including phenoxy) is 1. The second-order valence-electron chi connectivity index (χ2n) is 5.18. The third-order valence-electron chi connectivity index (χ3n) is 3.42. The van der Waals surface area contributed by atoms with Crippen molar-refractivity contribution in [3.8, 4) is 6.01 Å². The molecule has 3 N–H and O–H groups in total. The SMILES string of the molecule is CCOc1nc(N)c2c(n1)N(Cc1ccc(Cl)nc1)C(C)(Br)N2. The molecule has 3 heterocycles. The number of fused-ring (bicyclic) bond motifs is 1. The van der Waals surface area contributed by atoms with Crippen LogP contribution in [0.25, 0.3) is 0 Å². The van der Waals surface area contributed by atoms with Gasteiger partial charge < -0.3 is 20.7 Å². The molecule has 7 nitrogen and oxygen atoms in total. The van der Waals surface area contributed by atoms with E-state index in [1.54, 1.807) is 12.3 Å². The molecule has 122 valence electrons. The molecule has 9 heteroatoms. The average Bonchev–Trinajstić information content (AvgIpc) is 2.74. The van der Waals surface area contributed by atoms with E-state index in [0.717, 1.165) is 5.56 Å². The smallest absolute Gasteiger partial charge is 0.320 e. The number of halogens is 2. The third-order valence-corrected chi connectivity index (χ3v) is 4.27. The van der Waals surface area contributed by atoms with Crippen LogP contribution in [-0.2, 0) is 6.54 Å². The first kappa shape index (κ1) is 16.1. The van der Waals surface area contributed by atoms with Gasteiger partial charge >= 0.3 is 6.01 Å². The fraction of sp³-hybridized carbons (Fsp3) is 0.357. The molecular weight excluding hydrogens is 384 g/mol. The predicted molar refractivity (Wildman–Crippen MR) is 94.0 cm³/mol. The summed E-state index contributed by atoms with van der Waals surface area (Å²) in [6.45, 7) is 4.88. The summed E-state index contributed by atoms with van der Waals surface area (Å²) in [4.78, 5) is 14.8. The largest absolute Gasteiger partial charge is 0.464 e. The minimum atomic E-state index is -0.553. The maximum absolute atomic E-state index is 6.03. The molecule has 0 saturated carbocycles. The van der Waals surface area contributed by atoms with Gasteiger partial charge in [0.05, 0.1) is 6.61 Å². The van der Waals surface area contributed by atoms with E-state index in [-0.39, 0.29) is 6.01 Å². The van der Waals surface area contributed by atoms with E-state index in [4.69, 9.17) is 22.1 Å². The van der Waals surface area contributed by atoms with Gasteiger partial charge in [-0.25, -0.2) is 4.98 Å². The molecule has 1 aliphatic heterocycles. The van der Waals surface area contributed by atoms with Crippen LogP contribution in [0.2, 0.25) is 5.15 Å². The number of anilines is 3. The average molecular weight is 400 g/mol. The van der Waals surface area contributed by atoms with Crippen LogP contribution in [0, 0.1) is 0 Å². The van der Waals surface area contributed by atoms with Crippen molar-refractivity contribution < 1.29 is 4.74 Å². The number of aromatic nitrogens is 3. The number of nitrogen functional groups attached to an aromatic ring is 1. The topological polar surface area (TPSA) is 89.2 Å². The Morgan fingerprint density at radius 1 is 1.43 bits per heavy atom. The van der Waals surface area contributed by atoms with Crippen molar-refractivity contribution in [2.45, 2.75) is 25.0 Å². The summed E-state index contributed by atoms with van der Waals surface area (Å²) in [6, 6.07) is 3.94. The van der Waals surface area contributed by atoms with Gasteiger partial charge in [-0.2, -0.15) is 9.97 Å². The van der Waals surface area contributed by atoms with Crippen LogP contribution in [-0.4, -0.2) is 26.1 Å². The molecule has 23 heavy (non-hydrogen) atoms. The molecule has 0 aromatic carbocycles. The van der Waals surface area contributed by atoms with Gasteiger partial charge in [0.1, 0.15) is 10.8 Å². The van der Waals surface area contributed by atoms with E-state index in [1.807, 2.05) is 24.8 Å². The van der Waals surface area contributed by atoms with Crippen molar-refractivity contribution in [3.63, 3.8) is 0 Å². The first-order valence-corrected chi connectivity index (χ1v) is 8.23. The number of pyridine rings is 1. The van der Waals surface area contributed by atoms with Gasteiger partial charge in [0.2, 0.25) is 0 Å². The molecule has 0 saturated heterocycles. The first-order valence-electron chi connectivity index (χ1n) is 7.06. The lowest BCUT2D eigenvalue weighted by Crippen LogP contribution is -2.42. The van der Waals surface area contributed by atoms with Gasteiger partial charge in [-0.05, 0) is 41.4 Å². The summed E-state index contributed by atoms with van der Waals surface area (Å²) in [6.07, 6.45) is 1.73. The predicted octanol–water partition coefficient (Wildman–Crippen LogP) is 3.01. The summed E-state index contributed by atoms with van der Waals surface area (Å²) in [5.41, 5.74) is 7.69. The Morgan fingerprint density at radius 3 is 2.87 bits per heavy atom. The van der Waals surface area contributed by atoms with Crippen molar-refractivity contribution in [3.05, 3.63) is 29.0 Å². The number of nitrogens with one attached hydrogen (secondary N) is 1. The molecule has 3 rings (SSSR count). The Kier molecular flexibility index (Phi) is 4.20. The van der Waals surface area contributed by atoms with Crippen molar-refractivity contribution in [2.75, 3.05) is 22.6 Å². The zero-order valence-corrected chi connectivity index (χ0v) is 15.0. The van der Waals surface area contributed by atoms with Crippen LogP contribution in [0.15, 0.2) is 18.3 Å². The van der Waals surface area contributed by atoms with Gasteiger partial charge in [-0.3, -0.25) is 0 Å². The minimum Gasteiger partial charge on any atom is -0.464 e. The maximum Gasteiger partial charge on any atom is 0.320 e. The fourth-order valence-electron chi connectivity index (χ4n) is 2.35. The number of nitrogens with zero attached hydrogens (tertiary/aromatic N) is 4. The third kappa shape index (κ3) is 3.13. The summed E-state index contributed by atoms with van der Waals surface area (Å²) < 4.78 is 4.84. The number of alkyl halides is 1. The Balaban J connectivity index is 1.98. The Hall–Kier alpha value is -1.80. The molecule has 0 bridgehead atoms. The maximum atomic E-state index is 6.03. The molecule has 2 aromatic heterocycles. The van der Waals surface area contributed by atoms with E-state index in [1.165, 1.54) is 0 Å². The quantitative estimate of drug-likeness (QED) is 0.464. The molecule has 1 aliphatic rings. The number of rotatable bonds is 4. The highest BCUT2D eigenvalue weighted by molar-refractivity contribution is 9.10. The molecule has 0 amide bonds. The number of nitrogens with two attached hydrogens (primary N) is 1. The first-order chi connectivity index (χ1) is 10.9. The lowest BCUT2D eigenvalue weighted by molar-refractivity contribution is 0.313. The lowest BCUT2D eigenvalue weighted by atomic mass is 10.2. The van der Waals surface area contributed by atoms with Crippen LogP contribution in [0.3, 0.4) is 0 Å². The van der Waals surface area contributed by atoms with Crippen LogP contribution < -0.4 is 20.7 Å². The molecule has 2 aromatic rings. The van der Waals surface area contributed by atoms with E-state index in [2.05, 4.69) is 36.2 Å². The monoisotopic (exact) mass is 398 g/mol. The highest BCUT2D eigenvalue weighted by Gasteiger charge is 2.40. The summed E-state index contributed by atoms with van der Waals surface area (Å²) >= 11 is 9.51. The normalized spacial score (nSPS) is 19.4. The highest BCUT2D eigenvalue weighted by atomic mass is 79.9. The van der Waals surface area contributed by atoms with Crippen molar-refractivity contribution in [1.29, 1.82) is 0 Å². The van der Waals surface area contributed by atoms with Crippen LogP contribution in [0.1, 0.15) is 19.4 Å². The molecule has 0 radical (unpaired) electrons. The van der Waals surface area contributed by atoms with Gasteiger partial charge in [0.25, 0.3) is 0 Å². The summed E-state index contributed by atoms with van der Waals surface area (Å²) in [5, 5.41) is 3.74. The molecule has 1 atom stereocenters. The van der Waals surface area contributed by atoms with Crippen molar-refractivity contribution in [1.82, 2.24) is 15.0 Å². The van der Waals surface area contributed by atoms with Crippen LogP contribution in [0.4, 0.5) is 17.3 Å².